The molecule has 0 aliphatic rings. The lowest BCUT2D eigenvalue weighted by Crippen LogP contribution is -2.00. The van der Waals surface area contributed by atoms with Crippen molar-refractivity contribution < 1.29 is 9.90 Å². The van der Waals surface area contributed by atoms with Crippen LogP contribution in [0.2, 0.25) is 0 Å². The first-order chi connectivity index (χ1) is 3.66. The van der Waals surface area contributed by atoms with E-state index in [0.29, 0.717) is 6.16 Å². The van der Waals surface area contributed by atoms with Crippen LogP contribution in [0.1, 0.15) is 6.92 Å². The molecule has 0 aromatic rings. The molecule has 0 bridgehead atoms. The van der Waals surface area contributed by atoms with E-state index in [2.05, 4.69) is 0 Å². The van der Waals surface area contributed by atoms with Gasteiger partial charge in [-0.25, -0.2) is 0 Å². The van der Waals surface area contributed by atoms with Crippen LogP contribution in [0.25, 0.3) is 0 Å². The third kappa shape index (κ3) is 4.07. The summed E-state index contributed by atoms with van der Waals surface area (Å²) in [7, 11) is -0.217. The van der Waals surface area contributed by atoms with Gasteiger partial charge in [0.1, 0.15) is 0 Å². The first-order valence-electron chi connectivity index (χ1n) is 2.57. The van der Waals surface area contributed by atoms with Gasteiger partial charge >= 0.3 is 5.97 Å². The minimum Gasteiger partial charge on any atom is -0.481 e. The van der Waals surface area contributed by atoms with E-state index < -0.39 is 5.97 Å². The van der Waals surface area contributed by atoms with E-state index >= 15 is 0 Å². The summed E-state index contributed by atoms with van der Waals surface area (Å²) in [5.74, 6) is -0.666. The average Bonchev–Trinajstić information content (AvgIpc) is 1.65. The highest BCUT2D eigenvalue weighted by atomic mass is 31.1. The van der Waals surface area contributed by atoms with Gasteiger partial charge in [-0.15, -0.1) is 0 Å². The van der Waals surface area contributed by atoms with E-state index in [9.17, 15) is 4.79 Å². The van der Waals surface area contributed by atoms with Gasteiger partial charge in [0.25, 0.3) is 0 Å². The monoisotopic (exact) mass is 134 g/mol. The predicted octanol–water partition coefficient (Wildman–Crippen LogP) is 1.20. The standard InChI is InChI=1S/C5H11O2P/c1-3-8(2)4-5(6)7/h3-4H2,1-2H3,(H,6,7). The van der Waals surface area contributed by atoms with Crippen molar-refractivity contribution in [3.63, 3.8) is 0 Å². The highest BCUT2D eigenvalue weighted by Gasteiger charge is 2.01. The number of aliphatic carboxylic acids is 1. The molecule has 1 unspecified atom stereocenters. The van der Waals surface area contributed by atoms with Crippen molar-refractivity contribution in [2.45, 2.75) is 6.92 Å². The smallest absolute Gasteiger partial charge is 0.307 e. The van der Waals surface area contributed by atoms with Gasteiger partial charge in [0, 0.05) is 0 Å². The quantitative estimate of drug-likeness (QED) is 0.589. The predicted molar refractivity (Wildman–Crippen MR) is 35.9 cm³/mol. The molecule has 2 nitrogen and oxygen atoms in total. The van der Waals surface area contributed by atoms with E-state index in [-0.39, 0.29) is 7.92 Å². The molecule has 0 heterocycles. The molecule has 0 fully saturated rings. The van der Waals surface area contributed by atoms with E-state index in [1.807, 2.05) is 13.6 Å². The molecule has 0 radical (unpaired) electrons. The van der Waals surface area contributed by atoms with Gasteiger partial charge in [-0.05, 0) is 12.8 Å². The maximum atomic E-state index is 9.98. The Kier molecular flexibility index (Phi) is 3.80. The Hall–Kier alpha value is -0.100. The number of carboxylic acid groups (broad SMARTS) is 1. The number of hydrogen-bond donors (Lipinski definition) is 1. The van der Waals surface area contributed by atoms with Crippen molar-refractivity contribution in [1.29, 1.82) is 0 Å². The number of carboxylic acids is 1. The molecule has 3 heteroatoms. The zero-order valence-electron chi connectivity index (χ0n) is 5.22. The van der Waals surface area contributed by atoms with Gasteiger partial charge in [0.2, 0.25) is 0 Å². The molecule has 1 atom stereocenters. The normalized spacial score (nSPS) is 13.2. The van der Waals surface area contributed by atoms with Crippen molar-refractivity contribution in [1.82, 2.24) is 0 Å². The molecule has 1 N–H and O–H groups in total. The second-order valence-corrected chi connectivity index (χ2v) is 4.38. The lowest BCUT2D eigenvalue weighted by molar-refractivity contribution is -0.134. The highest BCUT2D eigenvalue weighted by Crippen LogP contribution is 2.27. The van der Waals surface area contributed by atoms with Crippen LogP contribution >= 0.6 is 7.92 Å². The summed E-state index contributed by atoms with van der Waals surface area (Å²) in [6.07, 6.45) is 1.38. The van der Waals surface area contributed by atoms with Crippen LogP contribution in [0.4, 0.5) is 0 Å². The Morgan fingerprint density at radius 1 is 1.75 bits per heavy atom. The lowest BCUT2D eigenvalue weighted by Gasteiger charge is -2.02. The number of carbonyl (C=O) groups is 1. The summed E-state index contributed by atoms with van der Waals surface area (Å²) in [6.45, 7) is 4.03. The first-order valence-corrected chi connectivity index (χ1v) is 4.73. The van der Waals surface area contributed by atoms with Gasteiger partial charge < -0.3 is 5.11 Å². The van der Waals surface area contributed by atoms with Crippen LogP contribution < -0.4 is 0 Å². The summed E-state index contributed by atoms with van der Waals surface area (Å²) in [5, 5.41) is 8.23. The molecule has 48 valence electrons. The summed E-state index contributed by atoms with van der Waals surface area (Å²) < 4.78 is 0. The lowest BCUT2D eigenvalue weighted by atomic mass is 10.8. The third-order valence-corrected chi connectivity index (χ3v) is 2.84. The van der Waals surface area contributed by atoms with Gasteiger partial charge in [0.05, 0.1) is 6.16 Å². The van der Waals surface area contributed by atoms with Gasteiger partial charge in [-0.3, -0.25) is 4.79 Å². The summed E-state index contributed by atoms with van der Waals surface area (Å²) >= 11 is 0. The topological polar surface area (TPSA) is 37.3 Å². The molecular weight excluding hydrogens is 123 g/mol. The zero-order chi connectivity index (χ0) is 6.57. The summed E-state index contributed by atoms with van der Waals surface area (Å²) in [5.41, 5.74) is 0. The average molecular weight is 134 g/mol. The van der Waals surface area contributed by atoms with Crippen molar-refractivity contribution in [3.05, 3.63) is 0 Å². The van der Waals surface area contributed by atoms with Crippen LogP contribution in [0.15, 0.2) is 0 Å². The molecule has 0 aliphatic heterocycles. The first kappa shape index (κ1) is 7.90. The van der Waals surface area contributed by atoms with Crippen molar-refractivity contribution in [2.75, 3.05) is 19.0 Å². The fourth-order valence-electron chi connectivity index (χ4n) is 0.343. The second kappa shape index (κ2) is 3.85. The minimum absolute atomic E-state index is 0.217. The largest absolute Gasteiger partial charge is 0.481 e. The van der Waals surface area contributed by atoms with Gasteiger partial charge in [-0.1, -0.05) is 14.8 Å². The van der Waals surface area contributed by atoms with Gasteiger partial charge in [-0.2, -0.15) is 0 Å². The third-order valence-electron chi connectivity index (χ3n) is 0.945. The Labute approximate surface area is 50.7 Å². The minimum atomic E-state index is -0.666. The van der Waals surface area contributed by atoms with Crippen LogP contribution in [0, 0.1) is 0 Å². The fraction of sp³-hybridized carbons (Fsp3) is 0.800. The van der Waals surface area contributed by atoms with E-state index in [1.54, 1.807) is 0 Å². The van der Waals surface area contributed by atoms with Crippen LogP contribution in [-0.4, -0.2) is 30.1 Å². The van der Waals surface area contributed by atoms with Crippen molar-refractivity contribution in [3.8, 4) is 0 Å². The molecule has 8 heavy (non-hydrogen) atoms. The van der Waals surface area contributed by atoms with E-state index in [0.717, 1.165) is 6.16 Å². The Balaban J connectivity index is 3.24. The number of hydrogen-bond acceptors (Lipinski definition) is 1. The highest BCUT2D eigenvalue weighted by molar-refractivity contribution is 7.57. The molecule has 0 aromatic heterocycles. The molecular formula is C5H11O2P. The molecule has 0 amide bonds. The second-order valence-electron chi connectivity index (χ2n) is 1.72. The molecule has 0 saturated heterocycles. The molecule has 0 aromatic carbocycles. The summed E-state index contributed by atoms with van der Waals surface area (Å²) in [6, 6.07) is 0. The van der Waals surface area contributed by atoms with E-state index in [1.165, 1.54) is 0 Å². The Morgan fingerprint density at radius 3 is 2.38 bits per heavy atom. The fourth-order valence-corrected chi connectivity index (χ4v) is 1.03. The maximum absolute atomic E-state index is 9.98. The zero-order valence-corrected chi connectivity index (χ0v) is 6.11. The van der Waals surface area contributed by atoms with Gasteiger partial charge in [0.15, 0.2) is 0 Å². The molecule has 0 aliphatic carbocycles. The molecule has 0 rings (SSSR count). The van der Waals surface area contributed by atoms with Crippen LogP contribution in [0.3, 0.4) is 0 Å². The van der Waals surface area contributed by atoms with Crippen molar-refractivity contribution >= 4 is 13.9 Å². The molecule has 0 saturated carbocycles. The SMILES string of the molecule is CCP(C)CC(=O)O. The Morgan fingerprint density at radius 2 is 2.25 bits per heavy atom. The van der Waals surface area contributed by atoms with Crippen LogP contribution in [0.5, 0.6) is 0 Å². The maximum Gasteiger partial charge on any atom is 0.307 e. The molecule has 0 spiro atoms. The number of rotatable bonds is 3. The van der Waals surface area contributed by atoms with Crippen LogP contribution in [-0.2, 0) is 4.79 Å². The summed E-state index contributed by atoms with van der Waals surface area (Å²) in [4.78, 5) is 9.98. The Bertz CT molecular complexity index is 82.5. The van der Waals surface area contributed by atoms with E-state index in [4.69, 9.17) is 5.11 Å². The van der Waals surface area contributed by atoms with Crippen molar-refractivity contribution in [2.24, 2.45) is 0 Å².